The van der Waals surface area contributed by atoms with E-state index in [-0.39, 0.29) is 0 Å². The summed E-state index contributed by atoms with van der Waals surface area (Å²) < 4.78 is 2.55. The lowest BCUT2D eigenvalue weighted by Gasteiger charge is -2.38. The van der Waals surface area contributed by atoms with Crippen molar-refractivity contribution >= 4 is 16.5 Å². The molecule has 0 spiro atoms. The first kappa shape index (κ1) is 10.9. The highest BCUT2D eigenvalue weighted by Gasteiger charge is 2.45. The van der Waals surface area contributed by atoms with E-state index in [1.54, 1.807) is 6.92 Å². The first-order valence-electron chi connectivity index (χ1n) is 4.92. The maximum absolute atomic E-state index is 9.34. The Bertz CT molecular complexity index is 216. The number of rotatable bonds is 1. The van der Waals surface area contributed by atoms with E-state index in [1.807, 2.05) is 6.20 Å². The van der Waals surface area contributed by atoms with Gasteiger partial charge in [0.25, 0.3) is 0 Å². The highest BCUT2D eigenvalue weighted by molar-refractivity contribution is 6.95. The van der Waals surface area contributed by atoms with Crippen LogP contribution in [0.5, 0.6) is 0 Å². The van der Waals surface area contributed by atoms with E-state index in [1.165, 1.54) is 12.1 Å². The molecule has 0 aromatic carbocycles. The van der Waals surface area contributed by atoms with Crippen LogP contribution in [0.2, 0.25) is 38.3 Å². The Labute approximate surface area is 83.4 Å². The Hall–Kier alpha value is -0.226. The van der Waals surface area contributed by atoms with E-state index >= 15 is 0 Å². The Morgan fingerprint density at radius 2 is 1.54 bits per heavy atom. The summed E-state index contributed by atoms with van der Waals surface area (Å²) in [5, 5.41) is 9.34. The first-order chi connectivity index (χ1) is 5.76. The SMILES string of the molecule is C/C(O)=C\N1[Si](C)(C)CC[Si]1(C)C. The van der Waals surface area contributed by atoms with Crippen LogP contribution in [0.25, 0.3) is 0 Å². The van der Waals surface area contributed by atoms with Crippen molar-refractivity contribution in [1.82, 2.24) is 4.23 Å². The molecule has 1 aliphatic rings. The average molecular weight is 215 g/mol. The van der Waals surface area contributed by atoms with Gasteiger partial charge in [0.15, 0.2) is 0 Å². The monoisotopic (exact) mass is 215 g/mol. The Balaban J connectivity index is 2.95. The molecule has 0 atom stereocenters. The maximum atomic E-state index is 9.34. The molecular weight excluding hydrogens is 194 g/mol. The summed E-state index contributed by atoms with van der Waals surface area (Å²) >= 11 is 0. The van der Waals surface area contributed by atoms with Gasteiger partial charge in [0, 0.05) is 6.20 Å². The minimum Gasteiger partial charge on any atom is -0.511 e. The molecule has 0 amide bonds. The molecule has 2 nitrogen and oxygen atoms in total. The highest BCUT2D eigenvalue weighted by atomic mass is 28.4. The normalized spacial score (nSPS) is 26.5. The van der Waals surface area contributed by atoms with Crippen molar-refractivity contribution in [2.75, 3.05) is 0 Å². The summed E-state index contributed by atoms with van der Waals surface area (Å²) in [6, 6.07) is 2.77. The molecule has 1 aliphatic heterocycles. The topological polar surface area (TPSA) is 23.5 Å². The van der Waals surface area contributed by atoms with Crippen molar-refractivity contribution in [3.05, 3.63) is 12.0 Å². The standard InChI is InChI=1S/C9H21NOSi2/c1-9(11)8-10-12(2,3)6-7-13(10,4)5/h8,11H,6-7H2,1-5H3/b9-8+. The van der Waals surface area contributed by atoms with Crippen LogP contribution >= 0.6 is 0 Å². The molecule has 4 heteroatoms. The molecule has 1 rings (SSSR count). The molecule has 0 aromatic heterocycles. The first-order valence-corrected chi connectivity index (χ1v) is 11.2. The van der Waals surface area contributed by atoms with Crippen LogP contribution in [-0.2, 0) is 0 Å². The molecule has 0 radical (unpaired) electrons. The van der Waals surface area contributed by atoms with Crippen molar-refractivity contribution in [2.24, 2.45) is 0 Å². The van der Waals surface area contributed by atoms with Crippen LogP contribution in [0.15, 0.2) is 12.0 Å². The molecule has 1 fully saturated rings. The predicted molar refractivity (Wildman–Crippen MR) is 62.8 cm³/mol. The van der Waals surface area contributed by atoms with E-state index in [4.69, 9.17) is 0 Å². The van der Waals surface area contributed by atoms with Gasteiger partial charge in [-0.05, 0) is 19.0 Å². The van der Waals surface area contributed by atoms with Crippen LogP contribution in [0.4, 0.5) is 0 Å². The van der Waals surface area contributed by atoms with Gasteiger partial charge in [0.1, 0.15) is 22.2 Å². The molecule has 76 valence electrons. The molecule has 1 heterocycles. The fraction of sp³-hybridized carbons (Fsp3) is 0.778. The second-order valence-corrected chi connectivity index (χ2v) is 14.9. The summed E-state index contributed by atoms with van der Waals surface area (Å²) in [5.41, 5.74) is 0. The lowest BCUT2D eigenvalue weighted by molar-refractivity contribution is 0.406. The second-order valence-electron chi connectivity index (χ2n) is 5.27. The van der Waals surface area contributed by atoms with E-state index in [0.29, 0.717) is 5.76 Å². The lowest BCUT2D eigenvalue weighted by Crippen LogP contribution is -2.51. The summed E-state index contributed by atoms with van der Waals surface area (Å²) in [6.07, 6.45) is 1.99. The third kappa shape index (κ3) is 2.17. The summed E-state index contributed by atoms with van der Waals surface area (Å²) in [4.78, 5) is 0. The fourth-order valence-electron chi connectivity index (χ4n) is 2.21. The minimum absolute atomic E-state index is 0.461. The number of nitrogens with zero attached hydrogens (tertiary/aromatic N) is 1. The van der Waals surface area contributed by atoms with E-state index in [2.05, 4.69) is 30.4 Å². The summed E-state index contributed by atoms with van der Waals surface area (Å²) in [6.45, 7) is 11.4. The van der Waals surface area contributed by atoms with Crippen LogP contribution in [0.1, 0.15) is 6.92 Å². The zero-order valence-electron chi connectivity index (χ0n) is 9.39. The van der Waals surface area contributed by atoms with Gasteiger partial charge in [0.2, 0.25) is 0 Å². The third-order valence-corrected chi connectivity index (χ3v) is 12.9. The molecule has 1 N–H and O–H groups in total. The van der Waals surface area contributed by atoms with Crippen molar-refractivity contribution < 1.29 is 5.11 Å². The van der Waals surface area contributed by atoms with Crippen LogP contribution in [0.3, 0.4) is 0 Å². The smallest absolute Gasteiger partial charge is 0.141 e. The fourth-order valence-corrected chi connectivity index (χ4v) is 15.9. The molecule has 0 unspecified atom stereocenters. The summed E-state index contributed by atoms with van der Waals surface area (Å²) in [5.74, 6) is 0.461. The van der Waals surface area contributed by atoms with Crippen LogP contribution in [0, 0.1) is 0 Å². The van der Waals surface area contributed by atoms with Gasteiger partial charge >= 0.3 is 0 Å². The predicted octanol–water partition coefficient (Wildman–Crippen LogP) is 3.13. The van der Waals surface area contributed by atoms with Gasteiger partial charge in [-0.15, -0.1) is 0 Å². The van der Waals surface area contributed by atoms with E-state index in [0.717, 1.165) is 0 Å². The van der Waals surface area contributed by atoms with Gasteiger partial charge < -0.3 is 9.34 Å². The van der Waals surface area contributed by atoms with E-state index < -0.39 is 16.5 Å². The lowest BCUT2D eigenvalue weighted by atomic mass is 10.6. The number of hydrogen-bond donors (Lipinski definition) is 1. The van der Waals surface area contributed by atoms with Gasteiger partial charge in [-0.1, -0.05) is 26.2 Å². The largest absolute Gasteiger partial charge is 0.511 e. The van der Waals surface area contributed by atoms with Crippen molar-refractivity contribution in [3.63, 3.8) is 0 Å². The molecule has 13 heavy (non-hydrogen) atoms. The van der Waals surface area contributed by atoms with E-state index in [9.17, 15) is 5.11 Å². The number of hydrogen-bond acceptors (Lipinski definition) is 2. The van der Waals surface area contributed by atoms with Gasteiger partial charge in [-0.3, -0.25) is 0 Å². The molecule has 1 saturated heterocycles. The van der Waals surface area contributed by atoms with Gasteiger partial charge in [0.05, 0.1) is 0 Å². The minimum atomic E-state index is -1.21. The molecule has 0 saturated carbocycles. The molecule has 0 aromatic rings. The number of aliphatic hydroxyl groups is 1. The highest BCUT2D eigenvalue weighted by Crippen LogP contribution is 2.37. The summed E-state index contributed by atoms with van der Waals surface area (Å²) in [7, 11) is -2.42. The Morgan fingerprint density at radius 1 is 1.15 bits per heavy atom. The molecule has 0 aliphatic carbocycles. The van der Waals surface area contributed by atoms with Crippen LogP contribution < -0.4 is 0 Å². The third-order valence-electron chi connectivity index (χ3n) is 2.97. The Morgan fingerprint density at radius 3 is 1.85 bits per heavy atom. The average Bonchev–Trinajstić information content (AvgIpc) is 2.12. The van der Waals surface area contributed by atoms with Gasteiger partial charge in [-0.2, -0.15) is 0 Å². The zero-order chi connectivity index (χ0) is 10.3. The molecular formula is C9H21NOSi2. The Kier molecular flexibility index (Phi) is 2.64. The maximum Gasteiger partial charge on any atom is 0.141 e. The number of allylic oxidation sites excluding steroid dienone is 1. The quantitative estimate of drug-likeness (QED) is 0.536. The van der Waals surface area contributed by atoms with Crippen molar-refractivity contribution in [2.45, 2.75) is 45.2 Å². The van der Waals surface area contributed by atoms with Crippen LogP contribution in [-0.4, -0.2) is 25.8 Å². The molecule has 0 bridgehead atoms. The van der Waals surface area contributed by atoms with Gasteiger partial charge in [-0.25, -0.2) is 0 Å². The number of aliphatic hydroxyl groups excluding tert-OH is 1. The second kappa shape index (κ2) is 3.17. The van der Waals surface area contributed by atoms with Crippen molar-refractivity contribution in [3.8, 4) is 0 Å². The van der Waals surface area contributed by atoms with Crippen molar-refractivity contribution in [1.29, 1.82) is 0 Å². The zero-order valence-corrected chi connectivity index (χ0v) is 11.4.